The Kier molecular flexibility index (Phi) is 9.92. The summed E-state index contributed by atoms with van der Waals surface area (Å²) in [6.07, 6.45) is 0.264. The Balaban J connectivity index is 3.95. The SMILES string of the molecule is CCOCC(COC(C)C)N(C)CCOC. The Morgan fingerprint density at radius 3 is 2.38 bits per heavy atom. The molecule has 98 valence electrons. The van der Waals surface area contributed by atoms with Crippen LogP contribution < -0.4 is 0 Å². The van der Waals surface area contributed by atoms with Gasteiger partial charge in [-0.05, 0) is 27.8 Å². The minimum absolute atomic E-state index is 0.264. The van der Waals surface area contributed by atoms with Gasteiger partial charge in [0.2, 0.25) is 0 Å². The van der Waals surface area contributed by atoms with Crippen molar-refractivity contribution in [3.05, 3.63) is 0 Å². The first-order valence-corrected chi connectivity index (χ1v) is 6.00. The van der Waals surface area contributed by atoms with Crippen LogP contribution in [0.4, 0.5) is 0 Å². The minimum Gasteiger partial charge on any atom is -0.383 e. The first-order chi connectivity index (χ1) is 7.61. The molecule has 0 aliphatic carbocycles. The first-order valence-electron chi connectivity index (χ1n) is 6.00. The molecule has 0 amide bonds. The van der Waals surface area contributed by atoms with Gasteiger partial charge in [-0.25, -0.2) is 0 Å². The molecule has 0 spiro atoms. The Hall–Kier alpha value is -0.160. The summed E-state index contributed by atoms with van der Waals surface area (Å²) < 4.78 is 16.2. The van der Waals surface area contributed by atoms with Crippen LogP contribution in [0.25, 0.3) is 0 Å². The van der Waals surface area contributed by atoms with Gasteiger partial charge in [0.25, 0.3) is 0 Å². The molecule has 0 aromatic heterocycles. The molecule has 0 aromatic rings. The van der Waals surface area contributed by atoms with Crippen LogP contribution in [0.1, 0.15) is 20.8 Å². The summed E-state index contributed by atoms with van der Waals surface area (Å²) in [5.74, 6) is 0. The van der Waals surface area contributed by atoms with E-state index in [1.165, 1.54) is 0 Å². The van der Waals surface area contributed by atoms with Gasteiger partial charge in [-0.15, -0.1) is 0 Å². The van der Waals surface area contributed by atoms with E-state index in [4.69, 9.17) is 14.2 Å². The van der Waals surface area contributed by atoms with Crippen LogP contribution >= 0.6 is 0 Å². The third kappa shape index (κ3) is 8.05. The summed E-state index contributed by atoms with van der Waals surface area (Å²) in [7, 11) is 3.79. The molecular formula is C12H27NO3. The van der Waals surface area contributed by atoms with Gasteiger partial charge in [0.05, 0.1) is 32.0 Å². The highest BCUT2D eigenvalue weighted by atomic mass is 16.5. The predicted octanol–water partition coefficient (Wildman–Crippen LogP) is 1.39. The molecule has 0 radical (unpaired) electrons. The average Bonchev–Trinajstić information content (AvgIpc) is 2.25. The normalized spacial score (nSPS) is 13.7. The molecule has 16 heavy (non-hydrogen) atoms. The second-order valence-electron chi connectivity index (χ2n) is 4.17. The fraction of sp³-hybridized carbons (Fsp3) is 1.00. The highest BCUT2D eigenvalue weighted by Gasteiger charge is 2.15. The van der Waals surface area contributed by atoms with E-state index in [-0.39, 0.29) is 6.10 Å². The highest BCUT2D eigenvalue weighted by Crippen LogP contribution is 2.01. The van der Waals surface area contributed by atoms with Gasteiger partial charge in [0.15, 0.2) is 0 Å². The number of rotatable bonds is 10. The monoisotopic (exact) mass is 233 g/mol. The van der Waals surface area contributed by atoms with Crippen molar-refractivity contribution in [3.63, 3.8) is 0 Å². The summed E-state index contributed by atoms with van der Waals surface area (Å²) in [6, 6.07) is 0.303. The van der Waals surface area contributed by atoms with Crippen LogP contribution in [0, 0.1) is 0 Å². The van der Waals surface area contributed by atoms with Crippen molar-refractivity contribution in [2.75, 3.05) is 47.1 Å². The lowest BCUT2D eigenvalue weighted by Gasteiger charge is -2.28. The van der Waals surface area contributed by atoms with Crippen LogP contribution in [0.2, 0.25) is 0 Å². The quantitative estimate of drug-likeness (QED) is 0.570. The molecule has 0 aromatic carbocycles. The average molecular weight is 233 g/mol. The molecular weight excluding hydrogens is 206 g/mol. The number of ether oxygens (including phenoxy) is 3. The third-order valence-corrected chi connectivity index (χ3v) is 2.41. The van der Waals surface area contributed by atoms with E-state index >= 15 is 0 Å². The van der Waals surface area contributed by atoms with E-state index in [0.717, 1.165) is 19.8 Å². The molecule has 0 saturated heterocycles. The molecule has 0 rings (SSSR count). The Morgan fingerprint density at radius 2 is 1.88 bits per heavy atom. The number of hydrogen-bond acceptors (Lipinski definition) is 4. The third-order valence-electron chi connectivity index (χ3n) is 2.41. The molecule has 0 bridgehead atoms. The molecule has 1 atom stereocenters. The van der Waals surface area contributed by atoms with E-state index in [9.17, 15) is 0 Å². The van der Waals surface area contributed by atoms with Crippen LogP contribution in [-0.4, -0.2) is 64.2 Å². The van der Waals surface area contributed by atoms with Gasteiger partial charge in [-0.1, -0.05) is 0 Å². The maximum absolute atomic E-state index is 5.64. The van der Waals surface area contributed by atoms with Crippen molar-refractivity contribution in [1.82, 2.24) is 4.90 Å². The highest BCUT2D eigenvalue weighted by molar-refractivity contribution is 4.68. The van der Waals surface area contributed by atoms with Crippen LogP contribution in [-0.2, 0) is 14.2 Å². The largest absolute Gasteiger partial charge is 0.383 e. The van der Waals surface area contributed by atoms with E-state index < -0.39 is 0 Å². The van der Waals surface area contributed by atoms with E-state index in [0.29, 0.717) is 19.3 Å². The fourth-order valence-electron chi connectivity index (χ4n) is 1.28. The zero-order chi connectivity index (χ0) is 12.4. The molecule has 0 fully saturated rings. The van der Waals surface area contributed by atoms with E-state index in [1.54, 1.807) is 7.11 Å². The maximum Gasteiger partial charge on any atom is 0.0647 e. The summed E-state index contributed by atoms with van der Waals surface area (Å²) >= 11 is 0. The van der Waals surface area contributed by atoms with Crippen molar-refractivity contribution in [3.8, 4) is 0 Å². The second-order valence-corrected chi connectivity index (χ2v) is 4.17. The lowest BCUT2D eigenvalue weighted by Crippen LogP contribution is -2.41. The molecule has 0 saturated carbocycles. The molecule has 1 unspecified atom stereocenters. The van der Waals surface area contributed by atoms with Crippen LogP contribution in [0.3, 0.4) is 0 Å². The van der Waals surface area contributed by atoms with E-state index in [1.807, 2.05) is 20.8 Å². The molecule has 0 aliphatic rings. The molecule has 4 heteroatoms. The second kappa shape index (κ2) is 10.0. The Labute approximate surface area is 99.9 Å². The van der Waals surface area contributed by atoms with Crippen molar-refractivity contribution in [1.29, 1.82) is 0 Å². The van der Waals surface area contributed by atoms with Gasteiger partial charge < -0.3 is 14.2 Å². The lowest BCUT2D eigenvalue weighted by atomic mass is 10.3. The summed E-state index contributed by atoms with van der Waals surface area (Å²) in [5.41, 5.74) is 0. The summed E-state index contributed by atoms with van der Waals surface area (Å²) in [4.78, 5) is 2.22. The summed E-state index contributed by atoms with van der Waals surface area (Å²) in [6.45, 7) is 9.91. The molecule has 0 aliphatic heterocycles. The standard InChI is InChI=1S/C12H27NO3/c1-6-15-9-12(10-16-11(2)3)13(4)7-8-14-5/h11-12H,6-10H2,1-5H3. The van der Waals surface area contributed by atoms with Crippen molar-refractivity contribution in [2.45, 2.75) is 32.9 Å². The smallest absolute Gasteiger partial charge is 0.0647 e. The number of nitrogens with zero attached hydrogens (tertiary/aromatic N) is 1. The van der Waals surface area contributed by atoms with Gasteiger partial charge in [0.1, 0.15) is 0 Å². The van der Waals surface area contributed by atoms with Crippen molar-refractivity contribution in [2.24, 2.45) is 0 Å². The van der Waals surface area contributed by atoms with Gasteiger partial charge >= 0.3 is 0 Å². The fourth-order valence-corrected chi connectivity index (χ4v) is 1.28. The molecule has 0 heterocycles. The van der Waals surface area contributed by atoms with Crippen LogP contribution in [0.15, 0.2) is 0 Å². The minimum atomic E-state index is 0.264. The van der Waals surface area contributed by atoms with E-state index in [2.05, 4.69) is 11.9 Å². The van der Waals surface area contributed by atoms with Crippen molar-refractivity contribution >= 4 is 0 Å². The number of methoxy groups -OCH3 is 1. The number of hydrogen-bond donors (Lipinski definition) is 0. The summed E-state index contributed by atoms with van der Waals surface area (Å²) in [5, 5.41) is 0. The van der Waals surface area contributed by atoms with Crippen LogP contribution in [0.5, 0.6) is 0 Å². The Morgan fingerprint density at radius 1 is 1.19 bits per heavy atom. The zero-order valence-corrected chi connectivity index (χ0v) is 11.4. The van der Waals surface area contributed by atoms with Crippen molar-refractivity contribution < 1.29 is 14.2 Å². The molecule has 4 nitrogen and oxygen atoms in total. The molecule has 0 N–H and O–H groups in total. The topological polar surface area (TPSA) is 30.9 Å². The maximum atomic E-state index is 5.64. The van der Waals surface area contributed by atoms with Gasteiger partial charge in [-0.2, -0.15) is 0 Å². The Bertz CT molecular complexity index is 153. The number of likely N-dealkylation sites (N-methyl/N-ethyl adjacent to an activating group) is 1. The van der Waals surface area contributed by atoms with Gasteiger partial charge in [-0.3, -0.25) is 4.90 Å². The first kappa shape index (κ1) is 15.8. The predicted molar refractivity (Wildman–Crippen MR) is 65.9 cm³/mol. The van der Waals surface area contributed by atoms with Gasteiger partial charge in [0, 0.05) is 20.3 Å². The zero-order valence-electron chi connectivity index (χ0n) is 11.4. The lowest BCUT2D eigenvalue weighted by molar-refractivity contribution is -0.00935.